The average Bonchev–Trinajstić information content (AvgIpc) is 4.02. The van der Waals surface area contributed by atoms with Crippen LogP contribution in [0.15, 0.2) is 60.9 Å². The highest BCUT2D eigenvalue weighted by molar-refractivity contribution is 5.86. The predicted octanol–water partition coefficient (Wildman–Crippen LogP) is 7.67. The predicted molar refractivity (Wildman–Crippen MR) is 206 cm³/mol. The van der Waals surface area contributed by atoms with Crippen LogP contribution in [-0.2, 0) is 25.6 Å². The molecule has 1 aliphatic rings. The van der Waals surface area contributed by atoms with Crippen LogP contribution < -0.4 is 10.6 Å². The lowest BCUT2D eigenvalue weighted by Crippen LogP contribution is -2.49. The van der Waals surface area contributed by atoms with Gasteiger partial charge in [-0.2, -0.15) is 26.3 Å². The van der Waals surface area contributed by atoms with E-state index in [4.69, 9.17) is 0 Å². The molecular weight excluding hydrogens is 802 g/mol. The number of ether oxygens (including phenoxy) is 2. The number of carbonyl (C=O) groups excluding carboxylic acids is 4. The van der Waals surface area contributed by atoms with Gasteiger partial charge in [0.25, 0.3) is 0 Å². The lowest BCUT2D eigenvalue weighted by molar-refractivity contribution is -0.144. The second kappa shape index (κ2) is 19.8. The molecule has 4 N–H and O–H groups in total. The Kier molecular flexibility index (Phi) is 14.8. The Morgan fingerprint density at radius 2 is 1.28 bits per heavy atom. The first-order valence-electron chi connectivity index (χ1n) is 19.2. The number of halogens is 6. The number of H-pyrrole nitrogens is 2. The summed E-state index contributed by atoms with van der Waals surface area (Å²) in [6.45, 7) is 2.28. The van der Waals surface area contributed by atoms with Gasteiger partial charge in [-0.3, -0.25) is 9.59 Å². The van der Waals surface area contributed by atoms with Crippen molar-refractivity contribution >= 4 is 24.0 Å². The number of aromatic nitrogens is 4. The molecule has 4 amide bonds. The van der Waals surface area contributed by atoms with Crippen molar-refractivity contribution in [3.05, 3.63) is 72.6 Å². The van der Waals surface area contributed by atoms with Crippen molar-refractivity contribution in [1.82, 2.24) is 40.4 Å². The molecule has 60 heavy (non-hydrogen) atoms. The summed E-state index contributed by atoms with van der Waals surface area (Å²) in [6, 6.07) is 11.8. The molecular formula is C40H46F6N8O6. The van der Waals surface area contributed by atoms with E-state index in [2.05, 4.69) is 40.0 Å². The van der Waals surface area contributed by atoms with Crippen molar-refractivity contribution in [3.63, 3.8) is 0 Å². The van der Waals surface area contributed by atoms with E-state index in [0.717, 1.165) is 36.5 Å². The van der Waals surface area contributed by atoms with E-state index in [0.29, 0.717) is 42.3 Å². The van der Waals surface area contributed by atoms with Gasteiger partial charge in [0.1, 0.15) is 23.7 Å². The molecule has 1 fully saturated rings. The Morgan fingerprint density at radius 1 is 0.783 bits per heavy atom. The number of rotatable bonds is 16. The van der Waals surface area contributed by atoms with Crippen LogP contribution in [0.2, 0.25) is 0 Å². The van der Waals surface area contributed by atoms with Crippen molar-refractivity contribution in [2.45, 2.75) is 88.9 Å². The van der Waals surface area contributed by atoms with Crippen molar-refractivity contribution in [3.8, 4) is 33.6 Å². The van der Waals surface area contributed by atoms with Crippen LogP contribution in [0.5, 0.6) is 0 Å². The quantitative estimate of drug-likeness (QED) is 0.0832. The van der Waals surface area contributed by atoms with Crippen LogP contribution in [-0.4, -0.2) is 105 Å². The molecule has 3 heterocycles. The van der Waals surface area contributed by atoms with E-state index < -0.39 is 80.2 Å². The fourth-order valence-corrected chi connectivity index (χ4v) is 6.91. The molecule has 0 bridgehead atoms. The monoisotopic (exact) mass is 848 g/mol. The Hall–Kier alpha value is -6.08. The van der Waals surface area contributed by atoms with Gasteiger partial charge in [-0.15, -0.1) is 0 Å². The van der Waals surface area contributed by atoms with Crippen molar-refractivity contribution < 1.29 is 55.0 Å². The summed E-state index contributed by atoms with van der Waals surface area (Å²) in [5.74, 6) is -0.473. The van der Waals surface area contributed by atoms with Gasteiger partial charge in [0.05, 0.1) is 50.6 Å². The Morgan fingerprint density at radius 3 is 1.82 bits per heavy atom. The molecule has 4 aromatic rings. The molecule has 1 aliphatic heterocycles. The number of carbonyl (C=O) groups is 4. The smallest absolute Gasteiger partial charge is 0.407 e. The maximum Gasteiger partial charge on any atom is 0.407 e. The average molecular weight is 849 g/mol. The maximum absolute atomic E-state index is 13.4. The minimum absolute atomic E-state index is 0.0301. The summed E-state index contributed by atoms with van der Waals surface area (Å²) in [7, 11) is 2.12. The molecule has 0 unspecified atom stereocenters. The standard InChI is InChI=1S/C40H46F6N8O6/c1-4-19-53(35(55)28(51-37(57)59-2)15-17-39(41,42)43)23-33-47-21-30(49-33)26-11-7-24(8-12-26)25-9-13-27(14-10-25)31-22-48-34(50-31)32-6-5-20-54(32)36(56)29(52-38(58)60-3)16-18-40(44,45)46/h7-14,21-22,28-29,32H,4-6,15-20,23H2,1-3H3,(H,47,49)(H,48,50)(H,51,57)(H,52,58)/t28-,29-,32-/m0/s1. The topological polar surface area (TPSA) is 175 Å². The molecule has 0 saturated carbocycles. The van der Waals surface area contributed by atoms with Gasteiger partial charge in [-0.05, 0) is 54.4 Å². The third-order valence-corrected chi connectivity index (χ3v) is 9.93. The van der Waals surface area contributed by atoms with E-state index >= 15 is 0 Å². The first kappa shape index (κ1) is 45.0. The third-order valence-electron chi connectivity index (χ3n) is 9.93. The summed E-state index contributed by atoms with van der Waals surface area (Å²) >= 11 is 0. The normalized spacial score (nSPS) is 15.3. The van der Waals surface area contributed by atoms with Crippen LogP contribution in [0.1, 0.15) is 69.6 Å². The molecule has 0 radical (unpaired) electrons. The zero-order valence-electron chi connectivity index (χ0n) is 33.1. The van der Waals surface area contributed by atoms with Crippen LogP contribution in [0.4, 0.5) is 35.9 Å². The number of aromatic amines is 2. The van der Waals surface area contributed by atoms with E-state index in [9.17, 15) is 45.5 Å². The number of alkyl halides is 6. The number of imidazole rings is 2. The molecule has 324 valence electrons. The molecule has 2 aromatic heterocycles. The molecule has 20 heteroatoms. The summed E-state index contributed by atoms with van der Waals surface area (Å²) in [6.07, 6.45) is -10.0. The number of alkyl carbamates (subject to hydrolysis) is 2. The highest BCUT2D eigenvalue weighted by Crippen LogP contribution is 2.34. The molecule has 2 aromatic carbocycles. The van der Waals surface area contributed by atoms with Gasteiger partial charge >= 0.3 is 24.5 Å². The first-order chi connectivity index (χ1) is 28.5. The third kappa shape index (κ3) is 12.2. The van der Waals surface area contributed by atoms with Gasteiger partial charge in [0, 0.05) is 25.9 Å². The molecule has 14 nitrogen and oxygen atoms in total. The fourth-order valence-electron chi connectivity index (χ4n) is 6.91. The number of methoxy groups -OCH3 is 2. The fraction of sp³-hybridized carbons (Fsp3) is 0.450. The summed E-state index contributed by atoms with van der Waals surface area (Å²) in [4.78, 5) is 68.5. The number of amides is 4. The maximum atomic E-state index is 13.4. The number of hydrogen-bond acceptors (Lipinski definition) is 8. The number of nitrogens with one attached hydrogen (secondary N) is 4. The number of nitrogens with zero attached hydrogens (tertiary/aromatic N) is 4. The minimum atomic E-state index is -4.52. The van der Waals surface area contributed by atoms with Crippen LogP contribution in [0.25, 0.3) is 33.6 Å². The highest BCUT2D eigenvalue weighted by Gasteiger charge is 2.39. The first-order valence-corrected chi connectivity index (χ1v) is 19.2. The van der Waals surface area contributed by atoms with E-state index in [1.165, 1.54) is 9.80 Å². The minimum Gasteiger partial charge on any atom is -0.453 e. The van der Waals surface area contributed by atoms with E-state index in [1.807, 2.05) is 55.5 Å². The lowest BCUT2D eigenvalue weighted by atomic mass is 10.0. The van der Waals surface area contributed by atoms with Crippen molar-refractivity contribution in [2.24, 2.45) is 0 Å². The Bertz CT molecular complexity index is 2070. The van der Waals surface area contributed by atoms with Gasteiger partial charge in [0.15, 0.2) is 0 Å². The molecule has 0 aliphatic carbocycles. The van der Waals surface area contributed by atoms with Crippen molar-refractivity contribution in [1.29, 1.82) is 0 Å². The van der Waals surface area contributed by atoms with Gasteiger partial charge in [-0.1, -0.05) is 55.5 Å². The molecule has 5 rings (SSSR count). The zero-order chi connectivity index (χ0) is 43.6. The largest absolute Gasteiger partial charge is 0.453 e. The van der Waals surface area contributed by atoms with E-state index in [1.54, 1.807) is 12.4 Å². The summed E-state index contributed by atoms with van der Waals surface area (Å²) in [5, 5.41) is 4.46. The Balaban J connectivity index is 1.23. The number of likely N-dealkylation sites (tertiary alicyclic amines) is 1. The molecule has 3 atom stereocenters. The Labute approximate surface area is 341 Å². The second-order valence-electron chi connectivity index (χ2n) is 14.2. The zero-order valence-corrected chi connectivity index (χ0v) is 33.1. The summed E-state index contributed by atoms with van der Waals surface area (Å²) in [5.41, 5.74) is 4.70. The molecule has 0 spiro atoms. The lowest BCUT2D eigenvalue weighted by Gasteiger charge is -2.28. The van der Waals surface area contributed by atoms with E-state index in [-0.39, 0.29) is 19.6 Å². The SMILES string of the molecule is CCCN(Cc1ncc(-c2ccc(-c3ccc(-c4cnc([C@@H]5CCCN5C(=O)[C@H](CCC(F)(F)F)NC(=O)OC)[nH]4)cc3)cc2)[nH]1)C(=O)[C@H](CCC(F)(F)F)NC(=O)OC. The number of hydrogen-bond donors (Lipinski definition) is 4. The highest BCUT2D eigenvalue weighted by atomic mass is 19.4. The second-order valence-corrected chi connectivity index (χ2v) is 14.2. The van der Waals surface area contributed by atoms with Gasteiger partial charge < -0.3 is 39.9 Å². The molecule has 1 saturated heterocycles. The van der Waals surface area contributed by atoms with Gasteiger partial charge in [-0.25, -0.2) is 19.6 Å². The van der Waals surface area contributed by atoms with Crippen molar-refractivity contribution in [2.75, 3.05) is 27.3 Å². The van der Waals surface area contributed by atoms with Crippen LogP contribution in [0, 0.1) is 0 Å². The number of benzene rings is 2. The van der Waals surface area contributed by atoms with Crippen LogP contribution >= 0.6 is 0 Å². The van der Waals surface area contributed by atoms with Gasteiger partial charge in [0.2, 0.25) is 11.8 Å². The van der Waals surface area contributed by atoms with Crippen LogP contribution in [0.3, 0.4) is 0 Å². The summed E-state index contributed by atoms with van der Waals surface area (Å²) < 4.78 is 87.1.